The highest BCUT2D eigenvalue weighted by atomic mass is 35.5. The standard InChI is InChI=1S/C9H9ClN4/c10-8-2-1-3-9(13-8)11-6-7-4-5-12-14-7/h1-5H,6H2,(H,11,13)(H,12,14). The molecule has 2 aromatic heterocycles. The van der Waals surface area contributed by atoms with Crippen LogP contribution in [0.1, 0.15) is 5.69 Å². The Morgan fingerprint density at radius 3 is 3.00 bits per heavy atom. The Hall–Kier alpha value is -1.55. The van der Waals surface area contributed by atoms with E-state index in [1.807, 2.05) is 18.2 Å². The molecule has 2 aromatic rings. The molecule has 14 heavy (non-hydrogen) atoms. The predicted octanol–water partition coefficient (Wildman–Crippen LogP) is 2.07. The Labute approximate surface area is 86.3 Å². The van der Waals surface area contributed by atoms with Crippen LogP contribution in [-0.2, 0) is 6.54 Å². The van der Waals surface area contributed by atoms with Gasteiger partial charge in [-0.15, -0.1) is 0 Å². The van der Waals surface area contributed by atoms with Gasteiger partial charge >= 0.3 is 0 Å². The fraction of sp³-hybridized carbons (Fsp3) is 0.111. The van der Waals surface area contributed by atoms with Gasteiger partial charge in [-0.25, -0.2) is 4.98 Å². The summed E-state index contributed by atoms with van der Waals surface area (Å²) in [5.74, 6) is 0.757. The summed E-state index contributed by atoms with van der Waals surface area (Å²) < 4.78 is 0. The second-order valence-electron chi connectivity index (χ2n) is 2.78. The molecule has 0 spiro atoms. The first-order chi connectivity index (χ1) is 6.84. The first-order valence-corrected chi connectivity index (χ1v) is 4.57. The van der Waals surface area contributed by atoms with Gasteiger partial charge in [-0.1, -0.05) is 17.7 Å². The zero-order chi connectivity index (χ0) is 9.80. The van der Waals surface area contributed by atoms with Gasteiger partial charge in [0.1, 0.15) is 11.0 Å². The van der Waals surface area contributed by atoms with Crippen LogP contribution in [0.15, 0.2) is 30.5 Å². The number of pyridine rings is 1. The first-order valence-electron chi connectivity index (χ1n) is 4.19. The van der Waals surface area contributed by atoms with Gasteiger partial charge in [-0.05, 0) is 18.2 Å². The number of aromatic nitrogens is 3. The van der Waals surface area contributed by atoms with Crippen LogP contribution in [0.5, 0.6) is 0 Å². The lowest BCUT2D eigenvalue weighted by molar-refractivity contribution is 0.974. The Morgan fingerprint density at radius 2 is 2.29 bits per heavy atom. The molecule has 0 aliphatic heterocycles. The maximum absolute atomic E-state index is 5.73. The van der Waals surface area contributed by atoms with Crippen LogP contribution in [0.3, 0.4) is 0 Å². The number of hydrogen-bond acceptors (Lipinski definition) is 3. The van der Waals surface area contributed by atoms with E-state index in [9.17, 15) is 0 Å². The second-order valence-corrected chi connectivity index (χ2v) is 3.17. The van der Waals surface area contributed by atoms with Crippen molar-refractivity contribution in [1.82, 2.24) is 15.2 Å². The Morgan fingerprint density at radius 1 is 1.36 bits per heavy atom. The summed E-state index contributed by atoms with van der Waals surface area (Å²) in [6.07, 6.45) is 1.71. The monoisotopic (exact) mass is 208 g/mol. The van der Waals surface area contributed by atoms with Crippen LogP contribution in [0.25, 0.3) is 0 Å². The van der Waals surface area contributed by atoms with Crippen LogP contribution in [0, 0.1) is 0 Å². The molecule has 0 fully saturated rings. The number of H-pyrrole nitrogens is 1. The average Bonchev–Trinajstić information content (AvgIpc) is 2.67. The molecule has 0 atom stereocenters. The molecular formula is C9H9ClN4. The molecule has 0 bridgehead atoms. The third-order valence-corrected chi connectivity index (χ3v) is 1.94. The Balaban J connectivity index is 1.98. The van der Waals surface area contributed by atoms with Gasteiger partial charge in [-0.2, -0.15) is 5.10 Å². The van der Waals surface area contributed by atoms with Gasteiger partial charge < -0.3 is 5.32 Å². The maximum Gasteiger partial charge on any atom is 0.131 e. The van der Waals surface area contributed by atoms with Crippen molar-refractivity contribution in [3.8, 4) is 0 Å². The molecule has 2 rings (SSSR count). The molecule has 5 heteroatoms. The maximum atomic E-state index is 5.73. The molecule has 2 heterocycles. The SMILES string of the molecule is Clc1cccc(NCc2ccn[nH]2)n1. The number of aromatic amines is 1. The van der Waals surface area contributed by atoms with Crippen LogP contribution in [0.4, 0.5) is 5.82 Å². The number of hydrogen-bond donors (Lipinski definition) is 2. The minimum absolute atomic E-state index is 0.486. The van der Waals surface area contributed by atoms with Crippen LogP contribution in [-0.4, -0.2) is 15.2 Å². The Bertz CT molecular complexity index is 399. The molecule has 0 radical (unpaired) electrons. The minimum Gasteiger partial charge on any atom is -0.364 e. The van der Waals surface area contributed by atoms with E-state index >= 15 is 0 Å². The van der Waals surface area contributed by atoms with Crippen LogP contribution < -0.4 is 5.32 Å². The lowest BCUT2D eigenvalue weighted by Crippen LogP contribution is -2.01. The van der Waals surface area contributed by atoms with Gasteiger partial charge in [0, 0.05) is 6.20 Å². The van der Waals surface area contributed by atoms with Gasteiger partial charge in [0.2, 0.25) is 0 Å². The average molecular weight is 209 g/mol. The molecule has 0 aliphatic rings. The molecule has 0 aromatic carbocycles. The summed E-state index contributed by atoms with van der Waals surface area (Å²) in [5, 5.41) is 10.3. The molecule has 0 aliphatic carbocycles. The normalized spacial score (nSPS) is 10.1. The zero-order valence-electron chi connectivity index (χ0n) is 7.37. The third-order valence-electron chi connectivity index (χ3n) is 1.73. The van der Waals surface area contributed by atoms with Crippen molar-refractivity contribution in [2.75, 3.05) is 5.32 Å². The minimum atomic E-state index is 0.486. The van der Waals surface area contributed by atoms with Crippen molar-refractivity contribution in [3.05, 3.63) is 41.3 Å². The summed E-state index contributed by atoms with van der Waals surface area (Å²) in [7, 11) is 0. The molecule has 2 N–H and O–H groups in total. The van der Waals surface area contributed by atoms with E-state index in [4.69, 9.17) is 11.6 Å². The Kier molecular flexibility index (Phi) is 2.65. The largest absolute Gasteiger partial charge is 0.364 e. The van der Waals surface area contributed by atoms with E-state index in [0.717, 1.165) is 11.5 Å². The quantitative estimate of drug-likeness (QED) is 0.760. The number of nitrogens with one attached hydrogen (secondary N) is 2. The lowest BCUT2D eigenvalue weighted by Gasteiger charge is -2.03. The van der Waals surface area contributed by atoms with Crippen LogP contribution in [0.2, 0.25) is 5.15 Å². The topological polar surface area (TPSA) is 53.6 Å². The van der Waals surface area contributed by atoms with Crippen molar-refractivity contribution in [3.63, 3.8) is 0 Å². The van der Waals surface area contributed by atoms with Crippen molar-refractivity contribution in [1.29, 1.82) is 0 Å². The lowest BCUT2D eigenvalue weighted by atomic mass is 10.4. The first kappa shape index (κ1) is 9.02. The summed E-state index contributed by atoms with van der Waals surface area (Å²) in [5.41, 5.74) is 1.01. The molecule has 0 saturated carbocycles. The third kappa shape index (κ3) is 2.23. The molecule has 4 nitrogen and oxygen atoms in total. The van der Waals surface area contributed by atoms with E-state index in [-0.39, 0.29) is 0 Å². The fourth-order valence-electron chi connectivity index (χ4n) is 1.08. The highest BCUT2D eigenvalue weighted by molar-refractivity contribution is 6.29. The van der Waals surface area contributed by atoms with E-state index < -0.39 is 0 Å². The molecule has 0 amide bonds. The van der Waals surface area contributed by atoms with Gasteiger partial charge in [0.15, 0.2) is 0 Å². The second kappa shape index (κ2) is 4.11. The summed E-state index contributed by atoms with van der Waals surface area (Å²) in [6.45, 7) is 0.660. The smallest absolute Gasteiger partial charge is 0.131 e. The molecular weight excluding hydrogens is 200 g/mol. The molecule has 72 valence electrons. The highest BCUT2D eigenvalue weighted by Gasteiger charge is 1.96. The van der Waals surface area contributed by atoms with Crippen molar-refractivity contribution in [2.24, 2.45) is 0 Å². The number of anilines is 1. The highest BCUT2D eigenvalue weighted by Crippen LogP contribution is 2.09. The van der Waals surface area contributed by atoms with E-state index in [0.29, 0.717) is 11.7 Å². The van der Waals surface area contributed by atoms with Crippen molar-refractivity contribution < 1.29 is 0 Å². The van der Waals surface area contributed by atoms with Crippen molar-refractivity contribution >= 4 is 17.4 Å². The summed E-state index contributed by atoms with van der Waals surface area (Å²) in [6, 6.07) is 7.35. The number of rotatable bonds is 3. The zero-order valence-corrected chi connectivity index (χ0v) is 8.12. The van der Waals surface area contributed by atoms with Gasteiger partial charge in [0.25, 0.3) is 0 Å². The van der Waals surface area contributed by atoms with E-state index in [1.54, 1.807) is 12.3 Å². The van der Waals surface area contributed by atoms with Crippen LogP contribution >= 0.6 is 11.6 Å². The van der Waals surface area contributed by atoms with Gasteiger partial charge in [-0.3, -0.25) is 5.10 Å². The van der Waals surface area contributed by atoms with E-state index in [2.05, 4.69) is 20.5 Å². The summed E-state index contributed by atoms with van der Waals surface area (Å²) >= 11 is 5.73. The fourth-order valence-corrected chi connectivity index (χ4v) is 1.24. The van der Waals surface area contributed by atoms with E-state index in [1.165, 1.54) is 0 Å². The van der Waals surface area contributed by atoms with Gasteiger partial charge in [0.05, 0.1) is 12.2 Å². The van der Waals surface area contributed by atoms with Crippen molar-refractivity contribution in [2.45, 2.75) is 6.54 Å². The molecule has 0 unspecified atom stereocenters. The summed E-state index contributed by atoms with van der Waals surface area (Å²) in [4.78, 5) is 4.09. The number of halogens is 1. The number of nitrogens with zero attached hydrogens (tertiary/aromatic N) is 2. The molecule has 0 saturated heterocycles. The predicted molar refractivity (Wildman–Crippen MR) is 55.2 cm³/mol.